The van der Waals surface area contributed by atoms with E-state index in [1.165, 1.54) is 6.07 Å². The third-order valence-corrected chi connectivity index (χ3v) is 5.29. The molecule has 3 aromatic rings. The summed E-state index contributed by atoms with van der Waals surface area (Å²) < 4.78 is 68.7. The van der Waals surface area contributed by atoms with Crippen LogP contribution in [-0.2, 0) is 17.6 Å². The Hall–Kier alpha value is -2.07. The number of carbonyl (C=O) groups is 1. The molecule has 0 saturated heterocycles. The second-order valence-corrected chi connectivity index (χ2v) is 8.78. The smallest absolute Gasteiger partial charge is 0.299 e. The molecule has 0 aliphatic heterocycles. The zero-order chi connectivity index (χ0) is 18.4. The number of rotatable bonds is 5. The highest BCUT2D eigenvalue weighted by molar-refractivity contribution is 8.45. The molecule has 3 nitrogen and oxygen atoms in total. The fourth-order valence-electron chi connectivity index (χ4n) is 2.35. The summed E-state index contributed by atoms with van der Waals surface area (Å²) in [6.45, 7) is 0. The van der Waals surface area contributed by atoms with E-state index in [2.05, 4.69) is 9.59 Å². The minimum atomic E-state index is -9.75. The van der Waals surface area contributed by atoms with Gasteiger partial charge in [0, 0.05) is 12.8 Å². The van der Waals surface area contributed by atoms with Gasteiger partial charge in [-0.2, -0.15) is 0 Å². The van der Waals surface area contributed by atoms with E-state index in [1.807, 2.05) is 0 Å². The van der Waals surface area contributed by atoms with Crippen molar-refractivity contribution in [2.24, 2.45) is 0 Å². The normalized spacial score (nSPS) is 14.9. The summed E-state index contributed by atoms with van der Waals surface area (Å²) in [5, 5.41) is 3.86. The highest BCUT2D eigenvalue weighted by atomic mass is 32.5. The van der Waals surface area contributed by atoms with E-state index in [-0.39, 0.29) is 24.2 Å². The Morgan fingerprint density at radius 2 is 1.64 bits per heavy atom. The molecule has 0 radical (unpaired) electrons. The zero-order valence-electron chi connectivity index (χ0n) is 12.5. The SMILES string of the molecule is O=C(Cc1cccc(S(F)(F)(F)(F)F)c1)Cc1ccc2nnsc2c1. The number of nitrogens with zero attached hydrogens (tertiary/aromatic N) is 2. The van der Waals surface area contributed by atoms with Crippen LogP contribution in [0.25, 0.3) is 10.2 Å². The molecule has 1 heterocycles. The molecule has 2 aromatic carbocycles. The summed E-state index contributed by atoms with van der Waals surface area (Å²) in [6, 6.07) is 7.86. The second-order valence-electron chi connectivity index (χ2n) is 5.58. The molecule has 3 rings (SSSR count). The summed E-state index contributed by atoms with van der Waals surface area (Å²) in [5.74, 6) is -0.379. The Morgan fingerprint density at radius 1 is 0.960 bits per heavy atom. The topological polar surface area (TPSA) is 42.9 Å². The van der Waals surface area contributed by atoms with Gasteiger partial charge < -0.3 is 0 Å². The molecule has 0 aliphatic rings. The summed E-state index contributed by atoms with van der Waals surface area (Å²) in [5.41, 5.74) is 1.24. The summed E-state index contributed by atoms with van der Waals surface area (Å²) >= 11 is 1.16. The second kappa shape index (κ2) is 5.21. The maximum absolute atomic E-state index is 12.8. The third kappa shape index (κ3) is 4.31. The van der Waals surface area contributed by atoms with Gasteiger partial charge in [-0.15, -0.1) is 5.10 Å². The number of hydrogen-bond donors (Lipinski definition) is 0. The first-order chi connectivity index (χ1) is 11.4. The number of ketones is 1. The maximum atomic E-state index is 12.8. The molecular weight excluding hydrogens is 383 g/mol. The van der Waals surface area contributed by atoms with Gasteiger partial charge in [-0.1, -0.05) is 42.1 Å². The van der Waals surface area contributed by atoms with Crippen LogP contribution in [0.4, 0.5) is 19.4 Å². The molecule has 0 saturated carbocycles. The zero-order valence-corrected chi connectivity index (χ0v) is 14.1. The lowest BCUT2D eigenvalue weighted by molar-refractivity contribution is -0.117. The molecule has 10 heteroatoms. The molecular formula is C15H11F5N2OS2. The van der Waals surface area contributed by atoms with E-state index in [0.29, 0.717) is 23.2 Å². The van der Waals surface area contributed by atoms with E-state index >= 15 is 0 Å². The van der Waals surface area contributed by atoms with Gasteiger partial charge in [0.25, 0.3) is 0 Å². The Balaban J connectivity index is 1.77. The van der Waals surface area contributed by atoms with Gasteiger partial charge >= 0.3 is 10.2 Å². The molecule has 0 aliphatic carbocycles. The highest BCUT2D eigenvalue weighted by Gasteiger charge is 2.65. The average molecular weight is 394 g/mol. The standard InChI is InChI=1S/C15H11F5N2OS2/c16-25(17,18,19,20)13-3-1-2-10(8-13)6-12(23)7-11-4-5-14-15(9-11)24-22-21-14/h1-5,8-9H,6-7H2. The molecule has 0 spiro atoms. The Labute approximate surface area is 143 Å². The van der Waals surface area contributed by atoms with Crippen molar-refractivity contribution in [3.05, 3.63) is 53.6 Å². The Kier molecular flexibility index (Phi) is 3.70. The van der Waals surface area contributed by atoms with Gasteiger partial charge in [0.2, 0.25) is 0 Å². The van der Waals surface area contributed by atoms with Crippen molar-refractivity contribution in [3.8, 4) is 0 Å². The van der Waals surface area contributed by atoms with Crippen LogP contribution in [0.3, 0.4) is 0 Å². The van der Waals surface area contributed by atoms with Crippen molar-refractivity contribution in [1.29, 1.82) is 0 Å². The van der Waals surface area contributed by atoms with Crippen LogP contribution in [0.2, 0.25) is 0 Å². The minimum absolute atomic E-state index is 0.0194. The number of carbonyl (C=O) groups excluding carboxylic acids is 1. The van der Waals surface area contributed by atoms with Crippen LogP contribution in [-0.4, -0.2) is 15.4 Å². The maximum Gasteiger partial charge on any atom is 0.310 e. The fourth-order valence-corrected chi connectivity index (χ4v) is 3.68. The quantitative estimate of drug-likeness (QED) is 0.521. The molecule has 0 atom stereocenters. The van der Waals surface area contributed by atoms with E-state index < -0.39 is 15.1 Å². The van der Waals surface area contributed by atoms with Gasteiger partial charge in [0.15, 0.2) is 0 Å². The Morgan fingerprint density at radius 3 is 2.32 bits per heavy atom. The molecule has 1 aromatic heterocycles. The van der Waals surface area contributed by atoms with Crippen LogP contribution in [0.1, 0.15) is 11.1 Å². The van der Waals surface area contributed by atoms with Crippen molar-refractivity contribution in [1.82, 2.24) is 9.59 Å². The van der Waals surface area contributed by atoms with Gasteiger partial charge in [-0.25, -0.2) is 0 Å². The molecule has 0 fully saturated rings. The van der Waals surface area contributed by atoms with E-state index in [1.54, 1.807) is 18.2 Å². The summed E-state index contributed by atoms with van der Waals surface area (Å²) in [6.07, 6.45) is -0.380. The van der Waals surface area contributed by atoms with E-state index in [9.17, 15) is 24.2 Å². The molecule has 25 heavy (non-hydrogen) atoms. The predicted molar refractivity (Wildman–Crippen MR) is 87.7 cm³/mol. The monoisotopic (exact) mass is 394 g/mol. The first-order valence-electron chi connectivity index (χ1n) is 6.96. The van der Waals surface area contributed by atoms with Crippen LogP contribution in [0.5, 0.6) is 0 Å². The number of Topliss-reactive ketones (excluding diaryl/α,β-unsaturated/α-hetero) is 1. The van der Waals surface area contributed by atoms with Gasteiger partial charge in [0.1, 0.15) is 16.2 Å². The lowest BCUT2D eigenvalue weighted by atomic mass is 10.0. The van der Waals surface area contributed by atoms with Crippen molar-refractivity contribution in [3.63, 3.8) is 0 Å². The van der Waals surface area contributed by atoms with E-state index in [4.69, 9.17) is 0 Å². The number of hydrogen-bond acceptors (Lipinski definition) is 4. The molecule has 0 N–H and O–H groups in total. The van der Waals surface area contributed by atoms with Crippen molar-refractivity contribution in [2.45, 2.75) is 17.7 Å². The first-order valence-corrected chi connectivity index (χ1v) is 9.69. The fraction of sp³-hybridized carbons (Fsp3) is 0.133. The largest absolute Gasteiger partial charge is 0.310 e. The van der Waals surface area contributed by atoms with Crippen LogP contribution < -0.4 is 0 Å². The highest BCUT2D eigenvalue weighted by Crippen LogP contribution is 3.02. The van der Waals surface area contributed by atoms with Crippen LogP contribution in [0.15, 0.2) is 47.4 Å². The van der Waals surface area contributed by atoms with Crippen molar-refractivity contribution >= 4 is 37.8 Å². The third-order valence-electron chi connectivity index (χ3n) is 3.46. The van der Waals surface area contributed by atoms with Gasteiger partial charge in [-0.3, -0.25) is 4.79 Å². The molecule has 0 bridgehead atoms. The Bertz CT molecular complexity index is 969. The molecule has 134 valence electrons. The molecule has 0 unspecified atom stereocenters. The predicted octanol–water partition coefficient (Wildman–Crippen LogP) is 5.70. The number of benzene rings is 2. The number of halogens is 5. The van der Waals surface area contributed by atoms with Crippen LogP contribution >= 0.6 is 21.8 Å². The van der Waals surface area contributed by atoms with Crippen molar-refractivity contribution in [2.75, 3.05) is 0 Å². The minimum Gasteiger partial charge on any atom is -0.299 e. The van der Waals surface area contributed by atoms with Gasteiger partial charge in [0.05, 0.1) is 4.70 Å². The number of fused-ring (bicyclic) bond motifs is 1. The first kappa shape index (κ1) is 17.7. The summed E-state index contributed by atoms with van der Waals surface area (Å²) in [7, 11) is -9.75. The van der Waals surface area contributed by atoms with Crippen molar-refractivity contribution < 1.29 is 24.2 Å². The van der Waals surface area contributed by atoms with E-state index in [0.717, 1.165) is 22.3 Å². The van der Waals surface area contributed by atoms with Crippen LogP contribution in [0, 0.1) is 0 Å². The number of aromatic nitrogens is 2. The lowest BCUT2D eigenvalue weighted by Gasteiger charge is -2.40. The average Bonchev–Trinajstić information content (AvgIpc) is 2.92. The van der Waals surface area contributed by atoms with Gasteiger partial charge in [-0.05, 0) is 46.9 Å². The summed E-state index contributed by atoms with van der Waals surface area (Å²) in [4.78, 5) is 10.1. The molecule has 0 amide bonds. The lowest BCUT2D eigenvalue weighted by Crippen LogP contribution is -2.09.